The molecule has 2 rings (SSSR count). The minimum absolute atomic E-state index is 0.180. The first-order valence-electron chi connectivity index (χ1n) is 9.76. The average Bonchev–Trinajstić information content (AvgIpc) is 2.62. The largest absolute Gasteiger partial charge is 0.355 e. The quantitative estimate of drug-likeness (QED) is 0.467. The lowest BCUT2D eigenvalue weighted by atomic mass is 9.95. The molecule has 154 valence electrons. The third kappa shape index (κ3) is 5.41. The van der Waals surface area contributed by atoms with Crippen molar-refractivity contribution in [2.45, 2.75) is 41.0 Å². The van der Waals surface area contributed by atoms with Gasteiger partial charge in [-0.15, -0.1) is 0 Å². The Hall–Kier alpha value is -2.75. The summed E-state index contributed by atoms with van der Waals surface area (Å²) in [7, 11) is 0. The molecule has 0 saturated carbocycles. The second-order valence-corrected chi connectivity index (χ2v) is 7.34. The van der Waals surface area contributed by atoms with Gasteiger partial charge in [0.2, 0.25) is 0 Å². The molecule has 0 aromatic heterocycles. The Bertz CT molecular complexity index is 945. The molecule has 4 heteroatoms. The smallest absolute Gasteiger partial charge is 0.135 e. The lowest BCUT2D eigenvalue weighted by Crippen LogP contribution is -2.04. The molecule has 1 nitrogen and oxygen atoms in total. The van der Waals surface area contributed by atoms with Gasteiger partial charge in [0, 0.05) is 28.6 Å². The zero-order chi connectivity index (χ0) is 21.7. The molecular weight excluding hydrogens is 371 g/mol. The summed E-state index contributed by atoms with van der Waals surface area (Å²) in [5.74, 6) is -1.37. The van der Waals surface area contributed by atoms with E-state index < -0.39 is 11.6 Å². The lowest BCUT2D eigenvalue weighted by molar-refractivity contribution is 0.579. The van der Waals surface area contributed by atoms with Gasteiger partial charge in [-0.25, -0.2) is 13.2 Å². The Balaban J connectivity index is 2.32. The van der Waals surface area contributed by atoms with Crippen LogP contribution in [0.1, 0.15) is 50.8 Å². The highest BCUT2D eigenvalue weighted by Crippen LogP contribution is 2.29. The highest BCUT2D eigenvalue weighted by Gasteiger charge is 2.14. The molecule has 1 N–H and O–H groups in total. The van der Waals surface area contributed by atoms with Crippen molar-refractivity contribution in [2.24, 2.45) is 5.92 Å². The van der Waals surface area contributed by atoms with E-state index >= 15 is 0 Å². The summed E-state index contributed by atoms with van der Waals surface area (Å²) in [5.41, 5.74) is 3.89. The van der Waals surface area contributed by atoms with Gasteiger partial charge in [0.15, 0.2) is 0 Å². The molecule has 0 aliphatic heterocycles. The van der Waals surface area contributed by atoms with E-state index in [2.05, 4.69) is 25.7 Å². The Morgan fingerprint density at radius 2 is 1.79 bits per heavy atom. The van der Waals surface area contributed by atoms with Crippen LogP contribution in [0.25, 0.3) is 11.3 Å². The number of nitrogens with one attached hydrogen (secondary N) is 1. The van der Waals surface area contributed by atoms with Crippen LogP contribution in [-0.2, 0) is 0 Å². The van der Waals surface area contributed by atoms with Crippen molar-refractivity contribution < 1.29 is 13.2 Å². The minimum Gasteiger partial charge on any atom is -0.355 e. The summed E-state index contributed by atoms with van der Waals surface area (Å²) in [5, 5.41) is 2.93. The van der Waals surface area contributed by atoms with Gasteiger partial charge in [-0.05, 0) is 67.2 Å². The molecule has 0 aliphatic rings. The van der Waals surface area contributed by atoms with Gasteiger partial charge in [-0.3, -0.25) is 0 Å². The van der Waals surface area contributed by atoms with Crippen LogP contribution in [0, 0.1) is 30.3 Å². The lowest BCUT2D eigenvalue weighted by Gasteiger charge is -2.15. The van der Waals surface area contributed by atoms with Crippen LogP contribution in [-0.4, -0.2) is 0 Å². The van der Waals surface area contributed by atoms with Crippen LogP contribution in [0.5, 0.6) is 0 Å². The van der Waals surface area contributed by atoms with Gasteiger partial charge >= 0.3 is 0 Å². The third-order valence-electron chi connectivity index (χ3n) is 4.89. The Morgan fingerprint density at radius 3 is 2.31 bits per heavy atom. The Kier molecular flexibility index (Phi) is 7.49. The van der Waals surface area contributed by atoms with Gasteiger partial charge in [0.05, 0.1) is 0 Å². The molecule has 0 radical (unpaired) electrons. The van der Waals surface area contributed by atoms with E-state index in [0.29, 0.717) is 29.2 Å². The Morgan fingerprint density at radius 1 is 1.10 bits per heavy atom. The first kappa shape index (κ1) is 22.5. The summed E-state index contributed by atoms with van der Waals surface area (Å²) in [6, 6.07) is 6.85. The van der Waals surface area contributed by atoms with Crippen molar-refractivity contribution in [3.8, 4) is 0 Å². The number of aryl methyl sites for hydroxylation is 1. The van der Waals surface area contributed by atoms with Gasteiger partial charge in [-0.1, -0.05) is 39.5 Å². The van der Waals surface area contributed by atoms with Crippen molar-refractivity contribution in [1.29, 1.82) is 0 Å². The second kappa shape index (κ2) is 9.64. The number of halogens is 3. The van der Waals surface area contributed by atoms with Gasteiger partial charge < -0.3 is 5.32 Å². The van der Waals surface area contributed by atoms with E-state index in [4.69, 9.17) is 0 Å². The monoisotopic (exact) mass is 399 g/mol. The second-order valence-electron chi connectivity index (χ2n) is 7.34. The number of rotatable bonds is 7. The molecule has 0 amide bonds. The van der Waals surface area contributed by atoms with Crippen LogP contribution in [0.2, 0.25) is 0 Å². The molecule has 29 heavy (non-hydrogen) atoms. The van der Waals surface area contributed by atoms with Crippen molar-refractivity contribution in [2.75, 3.05) is 5.32 Å². The molecule has 0 fully saturated rings. The molecular formula is C25H28F3N. The highest BCUT2D eigenvalue weighted by atomic mass is 19.1. The fourth-order valence-electron chi connectivity index (χ4n) is 3.33. The maximum Gasteiger partial charge on any atom is 0.135 e. The summed E-state index contributed by atoms with van der Waals surface area (Å²) in [6.07, 6.45) is 4.77. The van der Waals surface area contributed by atoms with Gasteiger partial charge in [0.25, 0.3) is 0 Å². The maximum atomic E-state index is 14.9. The summed E-state index contributed by atoms with van der Waals surface area (Å²) in [6.45, 7) is 13.6. The number of hydrogen-bond acceptors (Lipinski definition) is 1. The van der Waals surface area contributed by atoms with Crippen molar-refractivity contribution in [3.05, 3.63) is 88.8 Å². The van der Waals surface area contributed by atoms with Crippen molar-refractivity contribution in [3.63, 3.8) is 0 Å². The van der Waals surface area contributed by atoms with Crippen LogP contribution in [0.3, 0.4) is 0 Å². The van der Waals surface area contributed by atoms with Crippen LogP contribution in [0.15, 0.2) is 54.6 Å². The van der Waals surface area contributed by atoms with Crippen LogP contribution >= 0.6 is 0 Å². The fraction of sp³-hybridized carbons (Fsp3) is 0.280. The number of hydrogen-bond donors (Lipinski definition) is 1. The predicted octanol–water partition coefficient (Wildman–Crippen LogP) is 7.89. The first-order chi connectivity index (χ1) is 13.7. The molecule has 0 heterocycles. The molecule has 0 unspecified atom stereocenters. The number of anilines is 1. The average molecular weight is 400 g/mol. The summed E-state index contributed by atoms with van der Waals surface area (Å²) < 4.78 is 42.3. The molecule has 0 saturated heterocycles. The molecule has 0 bridgehead atoms. The molecule has 2 aromatic rings. The molecule has 0 atom stereocenters. The summed E-state index contributed by atoms with van der Waals surface area (Å²) in [4.78, 5) is 0. The van der Waals surface area contributed by atoms with Crippen LogP contribution < -0.4 is 5.32 Å². The maximum absolute atomic E-state index is 14.9. The number of benzene rings is 2. The third-order valence-corrected chi connectivity index (χ3v) is 4.89. The van der Waals surface area contributed by atoms with E-state index in [0.717, 1.165) is 17.2 Å². The molecule has 0 aliphatic carbocycles. The highest BCUT2D eigenvalue weighted by molar-refractivity contribution is 5.78. The first-order valence-corrected chi connectivity index (χ1v) is 9.76. The summed E-state index contributed by atoms with van der Waals surface area (Å²) >= 11 is 0. The van der Waals surface area contributed by atoms with E-state index in [9.17, 15) is 13.2 Å². The van der Waals surface area contributed by atoms with Gasteiger partial charge in [0.1, 0.15) is 17.5 Å². The predicted molar refractivity (Wildman–Crippen MR) is 117 cm³/mol. The topological polar surface area (TPSA) is 12.0 Å². The molecule has 0 spiro atoms. The zero-order valence-corrected chi connectivity index (χ0v) is 17.7. The van der Waals surface area contributed by atoms with E-state index in [1.54, 1.807) is 19.1 Å². The van der Waals surface area contributed by atoms with Crippen LogP contribution in [0.4, 0.5) is 18.9 Å². The minimum atomic E-state index is -0.708. The number of allylic oxidation sites excluding steroid dienone is 4. The van der Waals surface area contributed by atoms with E-state index in [1.165, 1.54) is 12.1 Å². The fourth-order valence-corrected chi connectivity index (χ4v) is 3.33. The zero-order valence-electron chi connectivity index (χ0n) is 17.7. The normalized spacial score (nSPS) is 12.4. The Labute approximate surface area is 171 Å². The van der Waals surface area contributed by atoms with E-state index in [1.807, 2.05) is 26.0 Å². The van der Waals surface area contributed by atoms with E-state index in [-0.39, 0.29) is 17.1 Å². The SMILES string of the molecule is C=C(Nc1ccc(/C(=C/C(=C/C)C(C)C)CC)c(F)c1)c1c(C)cc(F)cc1F. The van der Waals surface area contributed by atoms with Crippen molar-refractivity contribution in [1.82, 2.24) is 0 Å². The molecule has 2 aromatic carbocycles. The van der Waals surface area contributed by atoms with Gasteiger partial charge in [-0.2, -0.15) is 0 Å². The standard InChI is InChI=1S/C25H28F3N/c1-7-18(15(3)4)12-19(8-2)22-10-9-21(14-23(22)27)29-17(6)25-16(5)11-20(26)13-24(25)28/h7,9-15,29H,6,8H2,1-5H3/b18-7-,19-12+. The van der Waals surface area contributed by atoms with Crippen molar-refractivity contribution >= 4 is 17.0 Å².